The lowest BCUT2D eigenvalue weighted by Crippen LogP contribution is -2.24. The molecule has 0 radical (unpaired) electrons. The summed E-state index contributed by atoms with van der Waals surface area (Å²) < 4.78 is 14.9. The third-order valence-electron chi connectivity index (χ3n) is 4.72. The van der Waals surface area contributed by atoms with Crippen LogP contribution in [0.4, 0.5) is 10.1 Å². The molecule has 0 aliphatic heterocycles. The van der Waals surface area contributed by atoms with Crippen LogP contribution in [0.1, 0.15) is 17.5 Å². The summed E-state index contributed by atoms with van der Waals surface area (Å²) in [5, 5.41) is 0. The molecule has 0 aliphatic carbocycles. The van der Waals surface area contributed by atoms with Gasteiger partial charge in [0.15, 0.2) is 4.96 Å². The number of halogens is 1. The minimum atomic E-state index is -0.264. The molecule has 0 unspecified atom stereocenters. The molecule has 0 N–H and O–H groups in total. The molecule has 0 spiro atoms. The van der Waals surface area contributed by atoms with Crippen LogP contribution in [0.25, 0.3) is 16.2 Å². The van der Waals surface area contributed by atoms with E-state index in [-0.39, 0.29) is 11.4 Å². The Hall–Kier alpha value is -2.99. The summed E-state index contributed by atoms with van der Waals surface area (Å²) in [5.41, 5.74) is 3.42. The second kappa shape index (κ2) is 7.56. The second-order valence-corrected chi connectivity index (χ2v) is 7.75. The molecule has 4 nitrogen and oxygen atoms in total. The summed E-state index contributed by atoms with van der Waals surface area (Å²) in [6.07, 6.45) is 0. The van der Waals surface area contributed by atoms with E-state index in [9.17, 15) is 9.18 Å². The molecule has 0 fully saturated rings. The lowest BCUT2D eigenvalue weighted by molar-refractivity contribution is 0.627. The number of hydrogen-bond acceptors (Lipinski definition) is 4. The first-order chi connectivity index (χ1) is 13.6. The van der Waals surface area contributed by atoms with Gasteiger partial charge < -0.3 is 4.90 Å². The van der Waals surface area contributed by atoms with Crippen LogP contribution in [0.2, 0.25) is 0 Å². The van der Waals surface area contributed by atoms with Crippen LogP contribution in [0.5, 0.6) is 0 Å². The average molecular weight is 393 g/mol. The number of benzene rings is 2. The van der Waals surface area contributed by atoms with Gasteiger partial charge in [-0.1, -0.05) is 30.3 Å². The van der Waals surface area contributed by atoms with Gasteiger partial charge in [0.2, 0.25) is 0 Å². The van der Waals surface area contributed by atoms with E-state index in [1.54, 1.807) is 22.6 Å². The van der Waals surface area contributed by atoms with E-state index in [4.69, 9.17) is 4.98 Å². The van der Waals surface area contributed by atoms with Gasteiger partial charge in [0.25, 0.3) is 5.56 Å². The quantitative estimate of drug-likeness (QED) is 0.484. The Morgan fingerprint density at radius 1 is 1.11 bits per heavy atom. The van der Waals surface area contributed by atoms with Gasteiger partial charge in [0, 0.05) is 23.2 Å². The van der Waals surface area contributed by atoms with Crippen molar-refractivity contribution in [3.05, 3.63) is 87.4 Å². The van der Waals surface area contributed by atoms with E-state index in [0.29, 0.717) is 17.2 Å². The summed E-state index contributed by atoms with van der Waals surface area (Å²) in [6.45, 7) is 5.26. The van der Waals surface area contributed by atoms with Crippen molar-refractivity contribution in [3.63, 3.8) is 0 Å². The van der Waals surface area contributed by atoms with Gasteiger partial charge in [0.1, 0.15) is 5.82 Å². The first-order valence-corrected chi connectivity index (χ1v) is 9.96. The van der Waals surface area contributed by atoms with E-state index >= 15 is 0 Å². The van der Waals surface area contributed by atoms with E-state index < -0.39 is 0 Å². The van der Waals surface area contributed by atoms with Crippen LogP contribution in [-0.2, 0) is 6.54 Å². The van der Waals surface area contributed by atoms with E-state index in [1.165, 1.54) is 23.5 Å². The Morgan fingerprint density at radius 3 is 2.50 bits per heavy atom. The maximum atomic E-state index is 13.2. The number of aromatic nitrogens is 2. The lowest BCUT2D eigenvalue weighted by atomic mass is 10.1. The van der Waals surface area contributed by atoms with Gasteiger partial charge in [-0.25, -0.2) is 9.37 Å². The van der Waals surface area contributed by atoms with Crippen LogP contribution in [0, 0.1) is 12.7 Å². The summed E-state index contributed by atoms with van der Waals surface area (Å²) in [6, 6.07) is 17.9. The number of thiazole rings is 1. The van der Waals surface area contributed by atoms with Gasteiger partial charge in [0.05, 0.1) is 17.9 Å². The summed E-state index contributed by atoms with van der Waals surface area (Å²) >= 11 is 1.52. The maximum absolute atomic E-state index is 13.2. The molecule has 4 aromatic rings. The van der Waals surface area contributed by atoms with Crippen molar-refractivity contribution in [2.24, 2.45) is 0 Å². The molecular weight excluding hydrogens is 373 g/mol. The maximum Gasteiger partial charge on any atom is 0.259 e. The van der Waals surface area contributed by atoms with Crippen molar-refractivity contribution in [2.45, 2.75) is 20.4 Å². The Labute approximate surface area is 166 Å². The highest BCUT2D eigenvalue weighted by molar-refractivity contribution is 7.17. The standard InChI is InChI=1S/C22H20FN3OS/c1-3-25(19-11-9-17(23)10-12-19)14-18-13-20(27)26-21(15(2)28-22(26)24-18)16-7-5-4-6-8-16/h4-13H,3,14H2,1-2H3. The molecule has 0 amide bonds. The largest absolute Gasteiger partial charge is 0.366 e. The monoisotopic (exact) mass is 393 g/mol. The zero-order valence-electron chi connectivity index (χ0n) is 15.7. The number of aryl methyl sites for hydroxylation is 1. The molecule has 0 bridgehead atoms. The van der Waals surface area contributed by atoms with Gasteiger partial charge in [-0.05, 0) is 43.7 Å². The highest BCUT2D eigenvalue weighted by Crippen LogP contribution is 2.29. The van der Waals surface area contributed by atoms with Crippen molar-refractivity contribution in [1.29, 1.82) is 0 Å². The number of hydrogen-bond donors (Lipinski definition) is 0. The highest BCUT2D eigenvalue weighted by Gasteiger charge is 2.16. The van der Waals surface area contributed by atoms with E-state index in [0.717, 1.165) is 28.4 Å². The molecule has 2 aromatic carbocycles. The highest BCUT2D eigenvalue weighted by atomic mass is 32.1. The minimum Gasteiger partial charge on any atom is -0.366 e. The van der Waals surface area contributed by atoms with Crippen molar-refractivity contribution >= 4 is 22.0 Å². The number of anilines is 1. The second-order valence-electron chi connectivity index (χ2n) is 6.57. The summed E-state index contributed by atoms with van der Waals surface area (Å²) in [4.78, 5) is 21.5. The zero-order valence-corrected chi connectivity index (χ0v) is 16.5. The molecular formula is C22H20FN3OS. The van der Waals surface area contributed by atoms with Crippen LogP contribution < -0.4 is 10.5 Å². The average Bonchev–Trinajstić information content (AvgIpc) is 3.04. The van der Waals surface area contributed by atoms with Crippen LogP contribution in [0.15, 0.2) is 65.5 Å². The van der Waals surface area contributed by atoms with Gasteiger partial charge in [-0.15, -0.1) is 11.3 Å². The predicted molar refractivity (Wildman–Crippen MR) is 113 cm³/mol. The normalized spacial score (nSPS) is 11.1. The van der Waals surface area contributed by atoms with E-state index in [2.05, 4.69) is 4.90 Å². The molecule has 28 heavy (non-hydrogen) atoms. The van der Waals surface area contributed by atoms with Gasteiger partial charge >= 0.3 is 0 Å². The zero-order chi connectivity index (χ0) is 19.7. The predicted octanol–water partition coefficient (Wildman–Crippen LogP) is 4.90. The fourth-order valence-electron chi connectivity index (χ4n) is 3.37. The number of rotatable bonds is 5. The van der Waals surface area contributed by atoms with E-state index in [1.807, 2.05) is 44.2 Å². The Bertz CT molecular complexity index is 1170. The molecule has 0 aliphatic rings. The fraction of sp³-hybridized carbons (Fsp3) is 0.182. The Balaban J connectivity index is 1.74. The Kier molecular flexibility index (Phi) is 4.96. The van der Waals surface area contributed by atoms with Gasteiger partial charge in [-0.2, -0.15) is 0 Å². The van der Waals surface area contributed by atoms with Gasteiger partial charge in [-0.3, -0.25) is 9.20 Å². The topological polar surface area (TPSA) is 37.6 Å². The molecule has 0 saturated carbocycles. The summed E-state index contributed by atoms with van der Waals surface area (Å²) in [5.74, 6) is -0.264. The molecule has 142 valence electrons. The lowest BCUT2D eigenvalue weighted by Gasteiger charge is -2.22. The fourth-order valence-corrected chi connectivity index (χ4v) is 4.38. The minimum absolute atomic E-state index is 0.0848. The molecule has 4 rings (SSSR count). The molecule has 0 atom stereocenters. The summed E-state index contributed by atoms with van der Waals surface area (Å²) in [7, 11) is 0. The van der Waals surface area contributed by atoms with Crippen molar-refractivity contribution in [3.8, 4) is 11.3 Å². The number of fused-ring (bicyclic) bond motifs is 1. The first kappa shape index (κ1) is 18.4. The third kappa shape index (κ3) is 3.43. The SMILES string of the molecule is CCN(Cc1cc(=O)n2c(-c3ccccc3)c(C)sc2n1)c1ccc(F)cc1. The third-order valence-corrected chi connectivity index (χ3v) is 5.67. The van der Waals surface area contributed by atoms with Crippen LogP contribution in [0.3, 0.4) is 0 Å². The first-order valence-electron chi connectivity index (χ1n) is 9.15. The smallest absolute Gasteiger partial charge is 0.259 e. The molecule has 2 heterocycles. The molecule has 2 aromatic heterocycles. The van der Waals surface area contributed by atoms with Crippen molar-refractivity contribution < 1.29 is 4.39 Å². The van der Waals surface area contributed by atoms with Crippen molar-refractivity contribution in [2.75, 3.05) is 11.4 Å². The molecule has 0 saturated heterocycles. The number of nitrogens with zero attached hydrogens (tertiary/aromatic N) is 3. The van der Waals surface area contributed by atoms with Crippen molar-refractivity contribution in [1.82, 2.24) is 9.38 Å². The van der Waals surface area contributed by atoms with Crippen LogP contribution >= 0.6 is 11.3 Å². The van der Waals surface area contributed by atoms with Crippen LogP contribution in [-0.4, -0.2) is 15.9 Å². The molecule has 6 heteroatoms. The Morgan fingerprint density at radius 2 is 1.82 bits per heavy atom.